The molecule has 0 aliphatic carbocycles. The summed E-state index contributed by atoms with van der Waals surface area (Å²) in [6.07, 6.45) is 5.61. The van der Waals surface area contributed by atoms with Gasteiger partial charge >= 0.3 is 0 Å². The quantitative estimate of drug-likeness (QED) is 0.790. The Kier molecular flexibility index (Phi) is 3.69. The lowest BCUT2D eigenvalue weighted by atomic mass is 9.92. The van der Waals surface area contributed by atoms with E-state index in [9.17, 15) is 0 Å². The second-order valence-corrected chi connectivity index (χ2v) is 6.40. The molecule has 3 saturated heterocycles. The first kappa shape index (κ1) is 11.9. The van der Waals surface area contributed by atoms with Gasteiger partial charge in [0.25, 0.3) is 0 Å². The highest BCUT2D eigenvalue weighted by molar-refractivity contribution is 4.91. The average Bonchev–Trinajstić information content (AvgIpc) is 2.73. The van der Waals surface area contributed by atoms with E-state index in [1.807, 2.05) is 0 Å². The Balaban J connectivity index is 1.42. The van der Waals surface area contributed by atoms with Gasteiger partial charge in [0.15, 0.2) is 0 Å². The van der Waals surface area contributed by atoms with Crippen molar-refractivity contribution in [2.45, 2.75) is 31.7 Å². The second-order valence-electron chi connectivity index (χ2n) is 6.40. The number of nitrogens with zero attached hydrogens (tertiary/aromatic N) is 2. The Hall–Kier alpha value is -0.120. The number of piperidine rings is 2. The zero-order valence-corrected chi connectivity index (χ0v) is 11.2. The average molecular weight is 237 g/mol. The lowest BCUT2D eigenvalue weighted by Gasteiger charge is -2.34. The van der Waals surface area contributed by atoms with Crippen molar-refractivity contribution in [2.24, 2.45) is 11.8 Å². The van der Waals surface area contributed by atoms with Crippen molar-refractivity contribution in [2.75, 3.05) is 46.3 Å². The van der Waals surface area contributed by atoms with E-state index in [1.54, 1.807) is 0 Å². The third-order valence-electron chi connectivity index (χ3n) is 5.14. The summed E-state index contributed by atoms with van der Waals surface area (Å²) in [5, 5.41) is 3.89. The minimum absolute atomic E-state index is 0.827. The van der Waals surface area contributed by atoms with Crippen LogP contribution in [0.1, 0.15) is 25.7 Å². The molecule has 98 valence electrons. The zero-order chi connectivity index (χ0) is 11.7. The summed E-state index contributed by atoms with van der Waals surface area (Å²) in [5.74, 6) is 1.89. The summed E-state index contributed by atoms with van der Waals surface area (Å²) in [7, 11) is 2.25. The van der Waals surface area contributed by atoms with Gasteiger partial charge in [0.1, 0.15) is 0 Å². The van der Waals surface area contributed by atoms with E-state index in [0.29, 0.717) is 0 Å². The maximum absolute atomic E-state index is 3.89. The van der Waals surface area contributed by atoms with E-state index >= 15 is 0 Å². The molecule has 0 aromatic rings. The van der Waals surface area contributed by atoms with Crippen LogP contribution < -0.4 is 5.32 Å². The normalized spacial score (nSPS) is 39.7. The van der Waals surface area contributed by atoms with Crippen LogP contribution in [-0.2, 0) is 0 Å². The lowest BCUT2D eigenvalue weighted by Crippen LogP contribution is -2.46. The maximum Gasteiger partial charge on any atom is 0.0120 e. The number of nitrogens with one attached hydrogen (secondary N) is 1. The van der Waals surface area contributed by atoms with Crippen LogP contribution in [0, 0.1) is 11.8 Å². The molecule has 0 radical (unpaired) electrons. The highest BCUT2D eigenvalue weighted by Crippen LogP contribution is 2.27. The Bertz CT molecular complexity index is 248. The minimum Gasteiger partial charge on any atom is -0.313 e. The first-order chi connectivity index (χ1) is 8.31. The van der Waals surface area contributed by atoms with Crippen LogP contribution in [-0.4, -0.2) is 62.2 Å². The number of fused-ring (bicyclic) bond motifs is 2. The fourth-order valence-corrected chi connectivity index (χ4v) is 3.80. The molecule has 3 aliphatic rings. The Morgan fingerprint density at radius 3 is 2.59 bits per heavy atom. The van der Waals surface area contributed by atoms with Crippen molar-refractivity contribution in [1.82, 2.24) is 15.1 Å². The fourth-order valence-electron chi connectivity index (χ4n) is 3.80. The lowest BCUT2D eigenvalue weighted by molar-refractivity contribution is 0.187. The molecular formula is C14H27N3. The SMILES string of the molecule is CN1CCC(CNC2CCN3CCC2C3)CC1. The van der Waals surface area contributed by atoms with Crippen LogP contribution in [0.4, 0.5) is 0 Å². The molecule has 3 rings (SSSR count). The maximum atomic E-state index is 3.89. The van der Waals surface area contributed by atoms with E-state index in [4.69, 9.17) is 0 Å². The van der Waals surface area contributed by atoms with Crippen molar-refractivity contribution in [3.05, 3.63) is 0 Å². The first-order valence-electron chi connectivity index (χ1n) is 7.45. The molecular weight excluding hydrogens is 210 g/mol. The summed E-state index contributed by atoms with van der Waals surface area (Å²) in [4.78, 5) is 5.10. The Labute approximate surface area is 106 Å². The molecule has 0 amide bonds. The largest absolute Gasteiger partial charge is 0.313 e. The molecule has 3 fully saturated rings. The Morgan fingerprint density at radius 2 is 1.76 bits per heavy atom. The van der Waals surface area contributed by atoms with Crippen LogP contribution in [0.25, 0.3) is 0 Å². The summed E-state index contributed by atoms with van der Waals surface area (Å²) in [6.45, 7) is 7.93. The predicted octanol–water partition coefficient (Wildman–Crippen LogP) is 1.01. The summed E-state index contributed by atoms with van der Waals surface area (Å²) >= 11 is 0. The molecule has 3 nitrogen and oxygen atoms in total. The van der Waals surface area contributed by atoms with Gasteiger partial charge < -0.3 is 15.1 Å². The summed E-state index contributed by atoms with van der Waals surface area (Å²) in [6, 6.07) is 0.827. The molecule has 0 aromatic carbocycles. The molecule has 0 saturated carbocycles. The van der Waals surface area contributed by atoms with Crippen LogP contribution in [0.2, 0.25) is 0 Å². The van der Waals surface area contributed by atoms with E-state index in [0.717, 1.165) is 17.9 Å². The van der Waals surface area contributed by atoms with Crippen LogP contribution in [0.5, 0.6) is 0 Å². The van der Waals surface area contributed by atoms with Gasteiger partial charge in [-0.15, -0.1) is 0 Å². The molecule has 0 spiro atoms. The standard InChI is InChI=1S/C14H27N3/c1-16-6-2-12(3-7-16)10-15-14-5-9-17-8-4-13(14)11-17/h12-15H,2-11H2,1H3. The van der Waals surface area contributed by atoms with Gasteiger partial charge in [0, 0.05) is 12.6 Å². The van der Waals surface area contributed by atoms with E-state index in [-0.39, 0.29) is 0 Å². The highest BCUT2D eigenvalue weighted by atomic mass is 15.2. The van der Waals surface area contributed by atoms with Crippen molar-refractivity contribution in [1.29, 1.82) is 0 Å². The van der Waals surface area contributed by atoms with Crippen LogP contribution in [0.15, 0.2) is 0 Å². The van der Waals surface area contributed by atoms with Crippen LogP contribution in [0.3, 0.4) is 0 Å². The third-order valence-corrected chi connectivity index (χ3v) is 5.14. The number of rotatable bonds is 3. The highest BCUT2D eigenvalue weighted by Gasteiger charge is 2.34. The van der Waals surface area contributed by atoms with Gasteiger partial charge in [-0.2, -0.15) is 0 Å². The van der Waals surface area contributed by atoms with E-state index in [2.05, 4.69) is 22.2 Å². The zero-order valence-electron chi connectivity index (χ0n) is 11.2. The van der Waals surface area contributed by atoms with Crippen LogP contribution >= 0.6 is 0 Å². The van der Waals surface area contributed by atoms with E-state index in [1.165, 1.54) is 65.0 Å². The van der Waals surface area contributed by atoms with Gasteiger partial charge in [-0.05, 0) is 77.3 Å². The number of hydrogen-bond acceptors (Lipinski definition) is 3. The monoisotopic (exact) mass is 237 g/mol. The van der Waals surface area contributed by atoms with Crippen molar-refractivity contribution < 1.29 is 0 Å². The van der Waals surface area contributed by atoms with Gasteiger partial charge in [0.05, 0.1) is 0 Å². The van der Waals surface area contributed by atoms with Gasteiger partial charge in [-0.1, -0.05) is 0 Å². The Morgan fingerprint density at radius 1 is 1.00 bits per heavy atom. The van der Waals surface area contributed by atoms with Gasteiger partial charge in [-0.25, -0.2) is 0 Å². The van der Waals surface area contributed by atoms with Crippen molar-refractivity contribution in [3.8, 4) is 0 Å². The second kappa shape index (κ2) is 5.25. The summed E-state index contributed by atoms with van der Waals surface area (Å²) < 4.78 is 0. The molecule has 17 heavy (non-hydrogen) atoms. The minimum atomic E-state index is 0.827. The molecule has 0 aromatic heterocycles. The van der Waals surface area contributed by atoms with E-state index < -0.39 is 0 Å². The molecule has 2 bridgehead atoms. The third kappa shape index (κ3) is 2.83. The van der Waals surface area contributed by atoms with Crippen molar-refractivity contribution >= 4 is 0 Å². The molecule has 3 atom stereocenters. The topological polar surface area (TPSA) is 18.5 Å². The molecule has 3 aliphatic heterocycles. The van der Waals surface area contributed by atoms with Gasteiger partial charge in [0.2, 0.25) is 0 Å². The first-order valence-corrected chi connectivity index (χ1v) is 7.45. The molecule has 1 N–H and O–H groups in total. The fraction of sp³-hybridized carbons (Fsp3) is 1.00. The smallest absolute Gasteiger partial charge is 0.0120 e. The molecule has 3 heteroatoms. The molecule has 3 heterocycles. The number of likely N-dealkylation sites (tertiary alicyclic amines) is 1. The predicted molar refractivity (Wildman–Crippen MR) is 71.2 cm³/mol. The van der Waals surface area contributed by atoms with Gasteiger partial charge in [-0.3, -0.25) is 0 Å². The summed E-state index contributed by atoms with van der Waals surface area (Å²) in [5.41, 5.74) is 0. The number of hydrogen-bond donors (Lipinski definition) is 1. The molecule has 3 unspecified atom stereocenters. The van der Waals surface area contributed by atoms with Crippen molar-refractivity contribution in [3.63, 3.8) is 0 Å².